The average Bonchev–Trinajstić information content (AvgIpc) is 1.95. The molecule has 0 N–H and O–H groups in total. The van der Waals surface area contributed by atoms with Gasteiger partial charge in [0.1, 0.15) is 5.76 Å². The van der Waals surface area contributed by atoms with Gasteiger partial charge in [0.2, 0.25) is 0 Å². The van der Waals surface area contributed by atoms with Crippen molar-refractivity contribution in [2.24, 2.45) is 0 Å². The molecule has 2 nitrogen and oxygen atoms in total. The molecule has 2 heteroatoms. The van der Waals surface area contributed by atoms with Gasteiger partial charge in [-0.05, 0) is 19.4 Å². The van der Waals surface area contributed by atoms with Crippen LogP contribution in [-0.4, -0.2) is 0 Å². The van der Waals surface area contributed by atoms with E-state index in [1.807, 2.05) is 12.2 Å². The highest BCUT2D eigenvalue weighted by Gasteiger charge is 2.02. The van der Waals surface area contributed by atoms with Crippen LogP contribution in [0.2, 0.25) is 0 Å². The van der Waals surface area contributed by atoms with E-state index in [0.717, 1.165) is 18.6 Å². The molecule has 0 saturated heterocycles. The van der Waals surface area contributed by atoms with Crippen molar-refractivity contribution in [3.8, 4) is 6.26 Å². The van der Waals surface area contributed by atoms with Gasteiger partial charge in [0.25, 0.3) is 6.26 Å². The van der Waals surface area contributed by atoms with E-state index in [-0.39, 0.29) is 0 Å². The van der Waals surface area contributed by atoms with E-state index in [0.29, 0.717) is 0 Å². The van der Waals surface area contributed by atoms with E-state index in [2.05, 4.69) is 11.7 Å². The zero-order valence-corrected chi connectivity index (χ0v) is 5.92. The van der Waals surface area contributed by atoms with Gasteiger partial charge in [-0.3, -0.25) is 0 Å². The van der Waals surface area contributed by atoms with Crippen molar-refractivity contribution in [1.82, 2.24) is 0 Å². The van der Waals surface area contributed by atoms with Crippen LogP contribution >= 0.6 is 0 Å². The highest BCUT2D eigenvalue weighted by Crippen LogP contribution is 2.17. The highest BCUT2D eigenvalue weighted by molar-refractivity contribution is 5.19. The van der Waals surface area contributed by atoms with Crippen LogP contribution in [0.25, 0.3) is 0 Å². The normalized spacial score (nSPS) is 16.8. The van der Waals surface area contributed by atoms with Crippen LogP contribution in [0, 0.1) is 11.5 Å². The van der Waals surface area contributed by atoms with E-state index in [1.165, 1.54) is 5.57 Å². The van der Waals surface area contributed by atoms with Gasteiger partial charge >= 0.3 is 0 Å². The first-order valence-corrected chi connectivity index (χ1v) is 3.25. The Morgan fingerprint density at radius 3 is 2.80 bits per heavy atom. The van der Waals surface area contributed by atoms with Gasteiger partial charge in [-0.25, -0.2) is 0 Å². The summed E-state index contributed by atoms with van der Waals surface area (Å²) in [7, 11) is 0. The van der Waals surface area contributed by atoms with Crippen molar-refractivity contribution in [3.05, 3.63) is 23.5 Å². The minimum absolute atomic E-state index is 0.771. The van der Waals surface area contributed by atoms with Crippen molar-refractivity contribution >= 4 is 0 Å². The summed E-state index contributed by atoms with van der Waals surface area (Å²) < 4.78 is 4.65. The molecule has 1 aliphatic rings. The lowest BCUT2D eigenvalue weighted by Gasteiger charge is -2.07. The van der Waals surface area contributed by atoms with Crippen LogP contribution < -0.4 is 0 Å². The number of nitrogens with zero attached hydrogens (tertiary/aromatic N) is 1. The van der Waals surface area contributed by atoms with Gasteiger partial charge in [-0.1, -0.05) is 11.6 Å². The Morgan fingerprint density at radius 1 is 1.50 bits per heavy atom. The molecule has 0 aromatic rings. The van der Waals surface area contributed by atoms with E-state index in [1.54, 1.807) is 6.26 Å². The first-order valence-electron chi connectivity index (χ1n) is 3.25. The summed E-state index contributed by atoms with van der Waals surface area (Å²) in [6, 6.07) is 0. The first kappa shape index (κ1) is 6.88. The quantitative estimate of drug-likeness (QED) is 0.516. The van der Waals surface area contributed by atoms with E-state index in [4.69, 9.17) is 5.26 Å². The zero-order chi connectivity index (χ0) is 7.40. The molecule has 0 aromatic heterocycles. The van der Waals surface area contributed by atoms with E-state index in [9.17, 15) is 0 Å². The summed E-state index contributed by atoms with van der Waals surface area (Å²) in [6.07, 6.45) is 7.35. The monoisotopic (exact) mass is 135 g/mol. The van der Waals surface area contributed by atoms with Crippen molar-refractivity contribution in [2.75, 3.05) is 0 Å². The predicted molar refractivity (Wildman–Crippen MR) is 37.8 cm³/mol. The number of hydrogen-bond donors (Lipinski definition) is 0. The Hall–Kier alpha value is -1.23. The molecule has 0 heterocycles. The number of hydrogen-bond acceptors (Lipinski definition) is 2. The molecule has 0 unspecified atom stereocenters. The highest BCUT2D eigenvalue weighted by atomic mass is 16.5. The molecule has 1 aliphatic carbocycles. The molecule has 52 valence electrons. The second-order valence-corrected chi connectivity index (χ2v) is 2.34. The molecule has 1 rings (SSSR count). The van der Waals surface area contributed by atoms with Crippen molar-refractivity contribution in [1.29, 1.82) is 5.26 Å². The third-order valence-corrected chi connectivity index (χ3v) is 1.50. The fourth-order valence-corrected chi connectivity index (χ4v) is 0.866. The molecule has 0 spiro atoms. The molecular formula is C8H9NO. The van der Waals surface area contributed by atoms with Gasteiger partial charge in [0.05, 0.1) is 0 Å². The summed E-state index contributed by atoms with van der Waals surface area (Å²) in [5.74, 6) is 0.771. The van der Waals surface area contributed by atoms with Gasteiger partial charge in [-0.15, -0.1) is 5.26 Å². The van der Waals surface area contributed by atoms with Crippen molar-refractivity contribution < 1.29 is 4.74 Å². The molecule has 0 aromatic carbocycles. The Kier molecular flexibility index (Phi) is 2.11. The molecule has 0 bridgehead atoms. The third-order valence-electron chi connectivity index (χ3n) is 1.50. The minimum atomic E-state index is 0.771. The molecule has 0 amide bonds. The van der Waals surface area contributed by atoms with Gasteiger partial charge < -0.3 is 4.74 Å². The fraction of sp³-hybridized carbons (Fsp3) is 0.375. The Labute approximate surface area is 60.4 Å². The number of allylic oxidation sites excluding steroid dienone is 4. The summed E-state index contributed by atoms with van der Waals surface area (Å²) >= 11 is 0. The maximum absolute atomic E-state index is 8.15. The SMILES string of the molecule is CC1=CC=C(OC#N)CC1. The summed E-state index contributed by atoms with van der Waals surface area (Å²) in [6.45, 7) is 2.07. The first-order chi connectivity index (χ1) is 4.83. The largest absolute Gasteiger partial charge is 0.393 e. The smallest absolute Gasteiger partial charge is 0.291 e. The molecule has 0 saturated carbocycles. The van der Waals surface area contributed by atoms with Crippen LogP contribution in [0.4, 0.5) is 0 Å². The minimum Gasteiger partial charge on any atom is -0.393 e. The molecule has 0 atom stereocenters. The third kappa shape index (κ3) is 1.63. The van der Waals surface area contributed by atoms with Crippen LogP contribution in [0.15, 0.2) is 23.5 Å². The predicted octanol–water partition coefficient (Wildman–Crippen LogP) is 2.11. The lowest BCUT2D eigenvalue weighted by Crippen LogP contribution is -1.91. The molecule has 0 aliphatic heterocycles. The van der Waals surface area contributed by atoms with E-state index < -0.39 is 0 Å². The van der Waals surface area contributed by atoms with Gasteiger partial charge in [0.15, 0.2) is 0 Å². The number of ether oxygens (including phenoxy) is 1. The van der Waals surface area contributed by atoms with E-state index >= 15 is 0 Å². The topological polar surface area (TPSA) is 33.0 Å². The molecular weight excluding hydrogens is 126 g/mol. The summed E-state index contributed by atoms with van der Waals surface area (Å²) in [5.41, 5.74) is 1.34. The van der Waals surface area contributed by atoms with Crippen molar-refractivity contribution in [3.63, 3.8) is 0 Å². The van der Waals surface area contributed by atoms with Crippen LogP contribution in [-0.2, 0) is 4.74 Å². The van der Waals surface area contributed by atoms with Crippen LogP contribution in [0.1, 0.15) is 19.8 Å². The van der Waals surface area contributed by atoms with Crippen LogP contribution in [0.5, 0.6) is 0 Å². The molecule has 0 fully saturated rings. The molecule has 0 radical (unpaired) electrons. The van der Waals surface area contributed by atoms with Crippen LogP contribution in [0.3, 0.4) is 0 Å². The maximum atomic E-state index is 8.15. The maximum Gasteiger partial charge on any atom is 0.291 e. The van der Waals surface area contributed by atoms with Gasteiger partial charge in [-0.2, -0.15) is 0 Å². The second-order valence-electron chi connectivity index (χ2n) is 2.34. The Balaban J connectivity index is 2.57. The zero-order valence-electron chi connectivity index (χ0n) is 5.92. The standard InChI is InChI=1S/C8H9NO/c1-7-2-4-8(5-3-7)10-6-9/h2,4H,3,5H2,1H3. The Bertz CT molecular complexity index is 220. The Morgan fingerprint density at radius 2 is 2.30 bits per heavy atom. The number of nitriles is 1. The fourth-order valence-electron chi connectivity index (χ4n) is 0.866. The van der Waals surface area contributed by atoms with Gasteiger partial charge in [0, 0.05) is 6.42 Å². The lowest BCUT2D eigenvalue weighted by molar-refractivity contribution is 0.353. The second kappa shape index (κ2) is 3.07. The summed E-state index contributed by atoms with van der Waals surface area (Å²) in [5, 5.41) is 8.15. The lowest BCUT2D eigenvalue weighted by atomic mass is 10.1. The average molecular weight is 135 g/mol. The number of rotatable bonds is 1. The van der Waals surface area contributed by atoms with Crippen molar-refractivity contribution in [2.45, 2.75) is 19.8 Å². The molecule has 10 heavy (non-hydrogen) atoms. The summed E-state index contributed by atoms with van der Waals surface area (Å²) in [4.78, 5) is 0.